The van der Waals surface area contributed by atoms with Crippen LogP contribution in [0.4, 0.5) is 4.79 Å². The summed E-state index contributed by atoms with van der Waals surface area (Å²) in [5.74, 6) is -1.58. The molecule has 0 radical (unpaired) electrons. The molecule has 9 heteroatoms. The molecule has 0 heterocycles. The van der Waals surface area contributed by atoms with Gasteiger partial charge in [0.25, 0.3) is 0 Å². The van der Waals surface area contributed by atoms with Crippen LogP contribution in [0.1, 0.15) is 104 Å². The second-order valence-electron chi connectivity index (χ2n) is 14.3. The number of carbonyl (C=O) groups excluding carboxylic acids is 4. The van der Waals surface area contributed by atoms with Crippen LogP contribution < -0.4 is 10.6 Å². The molecule has 3 unspecified atom stereocenters. The summed E-state index contributed by atoms with van der Waals surface area (Å²) in [4.78, 5) is 56.6. The van der Waals surface area contributed by atoms with Crippen molar-refractivity contribution >= 4 is 23.9 Å². The maximum absolute atomic E-state index is 14.6. The molecule has 0 saturated heterocycles. The minimum Gasteiger partial charge on any atom is -0.458 e. The number of rotatable bonds is 11. The first-order chi connectivity index (χ1) is 20.6. The fourth-order valence-corrected chi connectivity index (χ4v) is 4.82. The van der Waals surface area contributed by atoms with Crippen LogP contribution in [0, 0.1) is 13.8 Å². The average molecular weight is 624 g/mol. The standard InChI is InChI=1S/C36H53N3O6/c1-13-36(11,12)39(31(41)25(4)37-33(43)45-35(8,9)10)29(27-21-23(2)19-20-24(27)3)30(40)38-28(32(42)44-34(5,6)7)22-26-17-15-14-16-18-26/h14-21,25,28-29H,13,22H2,1-12H3,(H,37,43)(H,38,40). The Morgan fingerprint density at radius 2 is 1.40 bits per heavy atom. The quantitative estimate of drug-likeness (QED) is 0.282. The van der Waals surface area contributed by atoms with E-state index in [4.69, 9.17) is 9.47 Å². The molecule has 2 aromatic carbocycles. The third-order valence-electron chi connectivity index (χ3n) is 7.38. The zero-order valence-electron chi connectivity index (χ0n) is 29.2. The number of hydrogen-bond donors (Lipinski definition) is 2. The van der Waals surface area contributed by atoms with E-state index in [1.54, 1.807) is 48.5 Å². The molecule has 0 aliphatic rings. The van der Waals surface area contributed by atoms with Gasteiger partial charge in [-0.2, -0.15) is 0 Å². The lowest BCUT2D eigenvalue weighted by Gasteiger charge is -2.45. The fourth-order valence-electron chi connectivity index (χ4n) is 4.82. The number of esters is 1. The molecule has 2 aromatic rings. The van der Waals surface area contributed by atoms with Gasteiger partial charge >= 0.3 is 12.1 Å². The number of alkyl carbamates (subject to hydrolysis) is 1. The third-order valence-corrected chi connectivity index (χ3v) is 7.38. The van der Waals surface area contributed by atoms with Gasteiger partial charge in [-0.05, 0) is 99.3 Å². The van der Waals surface area contributed by atoms with Crippen LogP contribution in [0.25, 0.3) is 0 Å². The van der Waals surface area contributed by atoms with Crippen LogP contribution in [0.3, 0.4) is 0 Å². The molecule has 0 aliphatic heterocycles. The highest BCUT2D eigenvalue weighted by Crippen LogP contribution is 2.34. The molecule has 0 spiro atoms. The van der Waals surface area contributed by atoms with Gasteiger partial charge in [0.1, 0.15) is 29.3 Å². The number of amides is 3. The largest absolute Gasteiger partial charge is 0.458 e. The summed E-state index contributed by atoms with van der Waals surface area (Å²) >= 11 is 0. The van der Waals surface area contributed by atoms with E-state index in [9.17, 15) is 19.2 Å². The van der Waals surface area contributed by atoms with Crippen LogP contribution in [-0.2, 0) is 30.3 Å². The molecule has 2 N–H and O–H groups in total. The van der Waals surface area contributed by atoms with Crippen LogP contribution in [0.2, 0.25) is 0 Å². The molecule has 2 rings (SSSR count). The molecule has 45 heavy (non-hydrogen) atoms. The second kappa shape index (κ2) is 14.9. The lowest BCUT2D eigenvalue weighted by Crippen LogP contribution is -2.60. The average Bonchev–Trinajstić information content (AvgIpc) is 2.90. The smallest absolute Gasteiger partial charge is 0.408 e. The molecule has 3 amide bonds. The van der Waals surface area contributed by atoms with Gasteiger partial charge in [0.05, 0.1) is 0 Å². The van der Waals surface area contributed by atoms with E-state index in [-0.39, 0.29) is 6.42 Å². The summed E-state index contributed by atoms with van der Waals surface area (Å²) in [6.45, 7) is 21.6. The Kier molecular flexibility index (Phi) is 12.4. The van der Waals surface area contributed by atoms with Gasteiger partial charge < -0.3 is 25.0 Å². The molecular formula is C36H53N3O6. The molecule has 0 aliphatic carbocycles. The van der Waals surface area contributed by atoms with Crippen LogP contribution >= 0.6 is 0 Å². The SMILES string of the molecule is CCC(C)(C)N(C(=O)C(C)NC(=O)OC(C)(C)C)C(C(=O)NC(Cc1ccccc1)C(=O)OC(C)(C)C)c1cc(C)ccc1C. The minimum atomic E-state index is -1.13. The van der Waals surface area contributed by atoms with Crippen LogP contribution in [0.15, 0.2) is 48.5 Å². The number of nitrogens with zero attached hydrogens (tertiary/aromatic N) is 1. The Morgan fingerprint density at radius 1 is 0.822 bits per heavy atom. The number of aryl methyl sites for hydroxylation is 2. The molecule has 0 bridgehead atoms. The van der Waals surface area contributed by atoms with Crippen molar-refractivity contribution in [2.24, 2.45) is 0 Å². The first kappa shape index (κ1) is 37.3. The minimum absolute atomic E-state index is 0.197. The summed E-state index contributed by atoms with van der Waals surface area (Å²) in [6, 6.07) is 11.9. The van der Waals surface area contributed by atoms with Gasteiger partial charge in [0.2, 0.25) is 11.8 Å². The maximum atomic E-state index is 14.6. The van der Waals surface area contributed by atoms with E-state index in [2.05, 4.69) is 10.6 Å². The number of carbonyl (C=O) groups is 4. The first-order valence-corrected chi connectivity index (χ1v) is 15.6. The van der Waals surface area contributed by atoms with E-state index in [0.717, 1.165) is 16.7 Å². The number of ether oxygens (including phenoxy) is 2. The third kappa shape index (κ3) is 11.2. The van der Waals surface area contributed by atoms with Crippen molar-refractivity contribution in [3.63, 3.8) is 0 Å². The van der Waals surface area contributed by atoms with Crippen molar-refractivity contribution in [2.75, 3.05) is 0 Å². The predicted molar refractivity (Wildman–Crippen MR) is 177 cm³/mol. The Labute approximate surface area is 269 Å². The predicted octanol–water partition coefficient (Wildman–Crippen LogP) is 6.34. The van der Waals surface area contributed by atoms with Crippen LogP contribution in [0.5, 0.6) is 0 Å². The van der Waals surface area contributed by atoms with Crippen molar-refractivity contribution in [3.05, 3.63) is 70.8 Å². The van der Waals surface area contributed by atoms with Gasteiger partial charge in [-0.3, -0.25) is 9.59 Å². The van der Waals surface area contributed by atoms with E-state index < -0.39 is 58.7 Å². The second-order valence-corrected chi connectivity index (χ2v) is 14.3. The Hall–Kier alpha value is -3.88. The molecule has 248 valence electrons. The lowest BCUT2D eigenvalue weighted by atomic mass is 9.89. The van der Waals surface area contributed by atoms with Crippen molar-refractivity contribution in [1.82, 2.24) is 15.5 Å². The first-order valence-electron chi connectivity index (χ1n) is 15.6. The molecular weight excluding hydrogens is 570 g/mol. The van der Waals surface area contributed by atoms with Crippen molar-refractivity contribution in [2.45, 2.75) is 131 Å². The Bertz CT molecular complexity index is 1340. The fraction of sp³-hybridized carbons (Fsp3) is 0.556. The molecule has 0 aromatic heterocycles. The molecule has 0 saturated carbocycles. The van der Waals surface area contributed by atoms with E-state index in [0.29, 0.717) is 12.0 Å². The highest BCUT2D eigenvalue weighted by atomic mass is 16.6. The molecule has 3 atom stereocenters. The van der Waals surface area contributed by atoms with Gasteiger partial charge in [-0.1, -0.05) is 61.0 Å². The van der Waals surface area contributed by atoms with Gasteiger partial charge in [-0.15, -0.1) is 0 Å². The van der Waals surface area contributed by atoms with E-state index >= 15 is 0 Å². The molecule has 9 nitrogen and oxygen atoms in total. The van der Waals surface area contributed by atoms with Crippen molar-refractivity contribution in [3.8, 4) is 0 Å². The normalized spacial score (nSPS) is 14.0. The number of hydrogen-bond acceptors (Lipinski definition) is 6. The summed E-state index contributed by atoms with van der Waals surface area (Å²) < 4.78 is 11.1. The van der Waals surface area contributed by atoms with Crippen molar-refractivity contribution in [1.29, 1.82) is 0 Å². The highest BCUT2D eigenvalue weighted by Gasteiger charge is 2.43. The topological polar surface area (TPSA) is 114 Å². The van der Waals surface area contributed by atoms with Gasteiger partial charge in [0, 0.05) is 12.0 Å². The maximum Gasteiger partial charge on any atom is 0.408 e. The Balaban J connectivity index is 2.67. The highest BCUT2D eigenvalue weighted by molar-refractivity contribution is 5.94. The molecule has 0 fully saturated rings. The summed E-state index contributed by atoms with van der Waals surface area (Å²) in [5, 5.41) is 5.60. The monoisotopic (exact) mass is 623 g/mol. The van der Waals surface area contributed by atoms with Gasteiger partial charge in [0.15, 0.2) is 0 Å². The zero-order valence-corrected chi connectivity index (χ0v) is 29.2. The summed E-state index contributed by atoms with van der Waals surface area (Å²) in [5.41, 5.74) is 0.797. The number of benzene rings is 2. The number of nitrogens with one attached hydrogen (secondary N) is 2. The van der Waals surface area contributed by atoms with E-state index in [1.165, 1.54) is 4.90 Å². The zero-order chi connectivity index (χ0) is 34.3. The summed E-state index contributed by atoms with van der Waals surface area (Å²) in [6.07, 6.45) is -0.0346. The van der Waals surface area contributed by atoms with Crippen molar-refractivity contribution < 1.29 is 28.7 Å². The summed E-state index contributed by atoms with van der Waals surface area (Å²) in [7, 11) is 0. The lowest BCUT2D eigenvalue weighted by molar-refractivity contribution is -0.159. The Morgan fingerprint density at radius 3 is 1.93 bits per heavy atom. The van der Waals surface area contributed by atoms with E-state index in [1.807, 2.05) is 83.1 Å². The van der Waals surface area contributed by atoms with Gasteiger partial charge in [-0.25, -0.2) is 9.59 Å². The van der Waals surface area contributed by atoms with Crippen LogP contribution in [-0.4, -0.2) is 57.6 Å².